The summed E-state index contributed by atoms with van der Waals surface area (Å²) in [5.74, 6) is 0.716. The molecule has 1 N–H and O–H groups in total. The monoisotopic (exact) mass is 252 g/mol. The predicted molar refractivity (Wildman–Crippen MR) is 57.5 cm³/mol. The van der Waals surface area contributed by atoms with Crippen LogP contribution in [0.2, 0.25) is 0 Å². The Kier molecular flexibility index (Phi) is 3.66. The largest absolute Gasteiger partial charge is 0.444 e. The van der Waals surface area contributed by atoms with Crippen LogP contribution in [0.15, 0.2) is 22.7 Å². The lowest BCUT2D eigenvalue weighted by atomic mass is 10.2. The van der Waals surface area contributed by atoms with Crippen LogP contribution >= 0.6 is 15.9 Å². The van der Waals surface area contributed by atoms with Gasteiger partial charge in [0.25, 0.3) is 0 Å². The minimum Gasteiger partial charge on any atom is -0.444 e. The van der Waals surface area contributed by atoms with E-state index >= 15 is 0 Å². The van der Waals surface area contributed by atoms with E-state index in [1.165, 1.54) is 0 Å². The second-order valence-corrected chi connectivity index (χ2v) is 3.49. The van der Waals surface area contributed by atoms with Crippen molar-refractivity contribution in [1.29, 1.82) is 10.7 Å². The third-order valence-electron chi connectivity index (χ3n) is 1.62. The molecule has 0 aliphatic carbocycles. The van der Waals surface area contributed by atoms with Gasteiger partial charge in [-0.1, -0.05) is 6.92 Å². The zero-order valence-corrected chi connectivity index (χ0v) is 9.26. The molecular formula is C10H9BrN2O. The lowest BCUT2D eigenvalue weighted by Crippen LogP contribution is -2.04. The van der Waals surface area contributed by atoms with Gasteiger partial charge >= 0.3 is 0 Å². The summed E-state index contributed by atoms with van der Waals surface area (Å²) >= 11 is 3.24. The number of benzene rings is 1. The number of nitrogens with one attached hydrogen (secondary N) is 1. The highest BCUT2D eigenvalue weighted by Crippen LogP contribution is 2.21. The summed E-state index contributed by atoms with van der Waals surface area (Å²) < 4.78 is 5.90. The first-order chi connectivity index (χ1) is 6.67. The number of hydrogen-bond donors (Lipinski definition) is 1. The highest BCUT2D eigenvalue weighted by atomic mass is 79.9. The van der Waals surface area contributed by atoms with Gasteiger partial charge in [0.1, 0.15) is 11.8 Å². The van der Waals surface area contributed by atoms with Crippen molar-refractivity contribution >= 4 is 21.8 Å². The fourth-order valence-corrected chi connectivity index (χ4v) is 1.20. The van der Waals surface area contributed by atoms with Crippen molar-refractivity contribution < 1.29 is 4.74 Å². The van der Waals surface area contributed by atoms with Crippen LogP contribution in [0, 0.1) is 16.7 Å². The molecule has 0 aromatic heterocycles. The Bertz CT molecular complexity index is 396. The summed E-state index contributed by atoms with van der Waals surface area (Å²) in [4.78, 5) is 0. The van der Waals surface area contributed by atoms with Crippen molar-refractivity contribution in [2.45, 2.75) is 13.3 Å². The van der Waals surface area contributed by atoms with Gasteiger partial charge in [-0.25, -0.2) is 0 Å². The maximum atomic E-state index is 8.74. The molecule has 14 heavy (non-hydrogen) atoms. The van der Waals surface area contributed by atoms with Gasteiger partial charge in [0.05, 0.1) is 5.56 Å². The molecule has 0 bridgehead atoms. The van der Waals surface area contributed by atoms with Gasteiger partial charge in [-0.2, -0.15) is 5.26 Å². The van der Waals surface area contributed by atoms with Crippen molar-refractivity contribution in [3.63, 3.8) is 0 Å². The zero-order valence-electron chi connectivity index (χ0n) is 7.67. The molecule has 0 amide bonds. The van der Waals surface area contributed by atoms with E-state index in [2.05, 4.69) is 15.9 Å². The molecule has 1 aromatic carbocycles. The SMILES string of the molecule is CCC(=N)Oc1ccc(Br)c(C#N)c1. The molecule has 0 aliphatic heterocycles. The van der Waals surface area contributed by atoms with E-state index in [0.29, 0.717) is 17.7 Å². The van der Waals surface area contributed by atoms with Gasteiger partial charge < -0.3 is 4.74 Å². The van der Waals surface area contributed by atoms with Crippen molar-refractivity contribution in [1.82, 2.24) is 0 Å². The Balaban J connectivity index is 2.91. The average Bonchev–Trinajstić information content (AvgIpc) is 2.20. The Hall–Kier alpha value is -1.34. The van der Waals surface area contributed by atoms with Crippen molar-refractivity contribution in [2.24, 2.45) is 0 Å². The lowest BCUT2D eigenvalue weighted by molar-refractivity contribution is 0.530. The zero-order chi connectivity index (χ0) is 10.6. The van der Waals surface area contributed by atoms with E-state index in [1.807, 2.05) is 13.0 Å². The summed E-state index contributed by atoms with van der Waals surface area (Å²) in [6.07, 6.45) is 0.540. The average molecular weight is 253 g/mol. The van der Waals surface area contributed by atoms with Crippen molar-refractivity contribution in [2.75, 3.05) is 0 Å². The van der Waals surface area contributed by atoms with Crippen LogP contribution in [0.25, 0.3) is 0 Å². The Morgan fingerprint density at radius 1 is 1.64 bits per heavy atom. The van der Waals surface area contributed by atoms with Gasteiger partial charge in [0.15, 0.2) is 5.90 Å². The van der Waals surface area contributed by atoms with Crippen LogP contribution in [-0.4, -0.2) is 5.90 Å². The molecule has 3 nitrogen and oxygen atoms in total. The quantitative estimate of drug-likeness (QED) is 0.650. The predicted octanol–water partition coefficient (Wildman–Crippen LogP) is 3.09. The molecule has 1 rings (SSSR count). The smallest absolute Gasteiger partial charge is 0.187 e. The first-order valence-electron chi connectivity index (χ1n) is 4.12. The second kappa shape index (κ2) is 4.77. The molecule has 1 aromatic rings. The maximum absolute atomic E-state index is 8.74. The van der Waals surface area contributed by atoms with Gasteiger partial charge in [-0.3, -0.25) is 5.41 Å². The summed E-state index contributed by atoms with van der Waals surface area (Å²) in [5, 5.41) is 16.1. The van der Waals surface area contributed by atoms with Crippen LogP contribution in [0.5, 0.6) is 5.75 Å². The molecule has 0 radical (unpaired) electrons. The normalized spacial score (nSPS) is 9.21. The molecule has 0 unspecified atom stereocenters. The number of nitrogens with zero attached hydrogens (tertiary/aromatic N) is 1. The molecule has 72 valence electrons. The maximum Gasteiger partial charge on any atom is 0.187 e. The van der Waals surface area contributed by atoms with Crippen LogP contribution in [0.1, 0.15) is 18.9 Å². The van der Waals surface area contributed by atoms with Gasteiger partial charge in [0, 0.05) is 10.9 Å². The van der Waals surface area contributed by atoms with Gasteiger partial charge in [-0.15, -0.1) is 0 Å². The number of rotatable bonds is 2. The highest BCUT2D eigenvalue weighted by molar-refractivity contribution is 9.10. The minimum absolute atomic E-state index is 0.191. The van der Waals surface area contributed by atoms with Crippen LogP contribution < -0.4 is 4.74 Å². The Morgan fingerprint density at radius 2 is 2.36 bits per heavy atom. The van der Waals surface area contributed by atoms with Crippen LogP contribution in [0.3, 0.4) is 0 Å². The van der Waals surface area contributed by atoms with Crippen LogP contribution in [0.4, 0.5) is 0 Å². The molecule has 0 saturated carbocycles. The highest BCUT2D eigenvalue weighted by Gasteiger charge is 2.03. The van der Waals surface area contributed by atoms with Gasteiger partial charge in [0.2, 0.25) is 0 Å². The summed E-state index contributed by atoms with van der Waals surface area (Å²) in [5.41, 5.74) is 0.506. The van der Waals surface area contributed by atoms with E-state index < -0.39 is 0 Å². The Labute approximate surface area is 91.0 Å². The number of ether oxygens (including phenoxy) is 1. The van der Waals surface area contributed by atoms with Crippen LogP contribution in [-0.2, 0) is 0 Å². The van der Waals surface area contributed by atoms with Crippen molar-refractivity contribution in [3.8, 4) is 11.8 Å². The first-order valence-corrected chi connectivity index (χ1v) is 4.91. The molecule has 4 heteroatoms. The Morgan fingerprint density at radius 3 is 2.93 bits per heavy atom. The van der Waals surface area contributed by atoms with E-state index in [4.69, 9.17) is 15.4 Å². The number of halogens is 1. The molecule has 0 aliphatic rings. The molecule has 0 heterocycles. The second-order valence-electron chi connectivity index (χ2n) is 2.63. The van der Waals surface area contributed by atoms with E-state index in [-0.39, 0.29) is 5.90 Å². The lowest BCUT2D eigenvalue weighted by Gasteiger charge is -2.05. The molecule has 0 atom stereocenters. The van der Waals surface area contributed by atoms with E-state index in [1.54, 1.807) is 18.2 Å². The van der Waals surface area contributed by atoms with E-state index in [0.717, 1.165) is 4.47 Å². The first kappa shape index (κ1) is 10.7. The number of nitriles is 1. The summed E-state index contributed by atoms with van der Waals surface area (Å²) in [7, 11) is 0. The topological polar surface area (TPSA) is 56.9 Å². The van der Waals surface area contributed by atoms with Crippen molar-refractivity contribution in [3.05, 3.63) is 28.2 Å². The fraction of sp³-hybridized carbons (Fsp3) is 0.200. The molecule has 0 spiro atoms. The van der Waals surface area contributed by atoms with Gasteiger partial charge in [-0.05, 0) is 34.1 Å². The third-order valence-corrected chi connectivity index (χ3v) is 2.31. The number of hydrogen-bond acceptors (Lipinski definition) is 3. The standard InChI is InChI=1S/C10H9BrN2O/c1-2-10(13)14-8-3-4-9(11)7(5-8)6-12/h3-5,13H,2H2,1H3. The molecule has 0 fully saturated rings. The van der Waals surface area contributed by atoms with E-state index in [9.17, 15) is 0 Å². The summed E-state index contributed by atoms with van der Waals surface area (Å²) in [6.45, 7) is 1.84. The molecule has 0 saturated heterocycles. The molecular weight excluding hydrogens is 244 g/mol. The third kappa shape index (κ3) is 2.57. The summed E-state index contributed by atoms with van der Waals surface area (Å²) in [6, 6.07) is 7.09. The minimum atomic E-state index is 0.191. The fourth-order valence-electron chi connectivity index (χ4n) is 0.868.